The monoisotopic (exact) mass is 387 g/mol. The van der Waals surface area contributed by atoms with E-state index in [9.17, 15) is 4.79 Å². The lowest BCUT2D eigenvalue weighted by molar-refractivity contribution is -0.146. The molecule has 0 spiro atoms. The first-order valence-corrected chi connectivity index (χ1v) is 12.6. The molecule has 148 valence electrons. The summed E-state index contributed by atoms with van der Waals surface area (Å²) in [7, 11) is -1.76. The van der Waals surface area contributed by atoms with Gasteiger partial charge >= 0.3 is 5.97 Å². The topological polar surface area (TPSA) is 51.5 Å². The van der Waals surface area contributed by atoms with Crippen LogP contribution >= 0.6 is 0 Å². The summed E-state index contributed by atoms with van der Waals surface area (Å²) in [6.45, 7) is 14.3. The Hall–Kier alpha value is -1.85. The Morgan fingerprint density at radius 2 is 1.89 bits per heavy atom. The van der Waals surface area contributed by atoms with Crippen LogP contribution in [0.15, 0.2) is 47.1 Å². The minimum Gasteiger partial charge on any atom is -0.474 e. The van der Waals surface area contributed by atoms with E-state index in [4.69, 9.17) is 9.15 Å². The zero-order chi connectivity index (χ0) is 20.1. The maximum absolute atomic E-state index is 11.6. The molecule has 1 aromatic heterocycles. The van der Waals surface area contributed by atoms with Gasteiger partial charge in [0, 0.05) is 19.0 Å². The molecule has 1 atom stereocenters. The number of esters is 1. The second kappa shape index (κ2) is 8.89. The van der Waals surface area contributed by atoms with Crippen LogP contribution in [0.1, 0.15) is 44.9 Å². The molecule has 0 saturated heterocycles. The van der Waals surface area contributed by atoms with Crippen LogP contribution in [0.5, 0.6) is 0 Å². The van der Waals surface area contributed by atoms with E-state index in [0.29, 0.717) is 6.54 Å². The standard InChI is InChI=1S/C22H33NO3Si/c1-17(24)26-20(15-23-13-12-18-10-8-7-9-11-18)19-14-21(25-16-19)27(5,6)22(2,3)4/h7-11,14,16,20,23H,12-13,15H2,1-6H3. The van der Waals surface area contributed by atoms with Crippen molar-refractivity contribution < 1.29 is 13.9 Å². The van der Waals surface area contributed by atoms with Crippen molar-refractivity contribution >= 4 is 19.4 Å². The Morgan fingerprint density at radius 3 is 2.48 bits per heavy atom. The van der Waals surface area contributed by atoms with Crippen LogP contribution < -0.4 is 10.7 Å². The second-order valence-corrected chi connectivity index (χ2v) is 13.9. The van der Waals surface area contributed by atoms with Crippen LogP contribution in [-0.4, -0.2) is 27.1 Å². The van der Waals surface area contributed by atoms with Crippen molar-refractivity contribution in [3.63, 3.8) is 0 Å². The lowest BCUT2D eigenvalue weighted by atomic mass is 10.1. The number of carbonyl (C=O) groups is 1. The van der Waals surface area contributed by atoms with E-state index in [0.717, 1.165) is 23.9 Å². The fraction of sp³-hybridized carbons (Fsp3) is 0.500. The number of rotatable bonds is 8. The Labute approximate surface area is 164 Å². The maximum atomic E-state index is 11.6. The van der Waals surface area contributed by atoms with Crippen molar-refractivity contribution in [2.24, 2.45) is 0 Å². The summed E-state index contributed by atoms with van der Waals surface area (Å²) >= 11 is 0. The zero-order valence-electron chi connectivity index (χ0n) is 17.5. The minimum atomic E-state index is -1.76. The third kappa shape index (κ3) is 5.81. The van der Waals surface area contributed by atoms with E-state index < -0.39 is 8.07 Å². The maximum Gasteiger partial charge on any atom is 0.303 e. The first-order chi connectivity index (χ1) is 12.6. The number of furan rings is 1. The average Bonchev–Trinajstić information content (AvgIpc) is 3.08. The number of nitrogens with one attached hydrogen (secondary N) is 1. The van der Waals surface area contributed by atoms with E-state index in [1.807, 2.05) is 18.2 Å². The molecule has 5 heteroatoms. The van der Waals surface area contributed by atoms with Gasteiger partial charge in [0.15, 0.2) is 0 Å². The molecule has 2 rings (SSSR count). The Balaban J connectivity index is 2.02. The van der Waals surface area contributed by atoms with E-state index in [2.05, 4.69) is 57.4 Å². The Kier molecular flexibility index (Phi) is 7.06. The quantitative estimate of drug-likeness (QED) is 0.413. The Bertz CT molecular complexity index is 732. The van der Waals surface area contributed by atoms with Crippen molar-refractivity contribution in [2.45, 2.75) is 58.4 Å². The molecular weight excluding hydrogens is 354 g/mol. The fourth-order valence-corrected chi connectivity index (χ4v) is 4.38. The summed E-state index contributed by atoms with van der Waals surface area (Å²) in [5.74, 6) is -0.278. The summed E-state index contributed by atoms with van der Waals surface area (Å²) in [5, 5.41) is 4.64. The first-order valence-electron chi connectivity index (χ1n) is 9.62. The summed E-state index contributed by atoms with van der Waals surface area (Å²) < 4.78 is 11.5. The molecule has 0 aliphatic heterocycles. The molecule has 0 aliphatic carbocycles. The van der Waals surface area contributed by atoms with Gasteiger partial charge in [-0.05, 0) is 29.6 Å². The van der Waals surface area contributed by atoms with E-state index in [1.54, 1.807) is 6.26 Å². The van der Waals surface area contributed by atoms with Crippen LogP contribution in [0.4, 0.5) is 0 Å². The SMILES string of the molecule is CC(=O)OC(CNCCc1ccccc1)c1coc([Si](C)(C)C(C)(C)C)c1. The van der Waals surface area contributed by atoms with Gasteiger partial charge in [0.25, 0.3) is 0 Å². The highest BCUT2D eigenvalue weighted by molar-refractivity contribution is 6.91. The molecule has 1 unspecified atom stereocenters. The summed E-state index contributed by atoms with van der Waals surface area (Å²) in [6.07, 6.45) is 2.36. The molecule has 1 heterocycles. The summed E-state index contributed by atoms with van der Waals surface area (Å²) in [4.78, 5) is 11.6. The first kappa shape index (κ1) is 21.4. The molecule has 0 amide bonds. The van der Waals surface area contributed by atoms with Gasteiger partial charge in [-0.2, -0.15) is 0 Å². The highest BCUT2D eigenvalue weighted by Crippen LogP contribution is 2.36. The lowest BCUT2D eigenvalue weighted by Crippen LogP contribution is -2.48. The predicted molar refractivity (Wildman–Crippen MR) is 113 cm³/mol. The second-order valence-electron chi connectivity index (χ2n) is 8.66. The molecule has 0 aliphatic rings. The largest absolute Gasteiger partial charge is 0.474 e. The van der Waals surface area contributed by atoms with Crippen LogP contribution in [-0.2, 0) is 16.0 Å². The third-order valence-electron chi connectivity index (χ3n) is 5.55. The molecule has 0 bridgehead atoms. The number of carbonyl (C=O) groups excluding carboxylic acids is 1. The number of ether oxygens (including phenoxy) is 1. The van der Waals surface area contributed by atoms with Crippen molar-refractivity contribution in [3.05, 3.63) is 53.8 Å². The molecule has 4 nitrogen and oxygen atoms in total. The molecule has 1 N–H and O–H groups in total. The van der Waals surface area contributed by atoms with Gasteiger partial charge in [0.2, 0.25) is 0 Å². The van der Waals surface area contributed by atoms with Crippen molar-refractivity contribution in [1.82, 2.24) is 5.32 Å². The molecular formula is C22H33NO3Si. The van der Waals surface area contributed by atoms with Crippen LogP contribution in [0.3, 0.4) is 0 Å². The van der Waals surface area contributed by atoms with Gasteiger partial charge in [-0.1, -0.05) is 64.2 Å². The van der Waals surface area contributed by atoms with Crippen LogP contribution in [0, 0.1) is 0 Å². The molecule has 2 aromatic rings. The number of hydrogen-bond acceptors (Lipinski definition) is 4. The molecule has 1 aromatic carbocycles. The van der Waals surface area contributed by atoms with Crippen molar-refractivity contribution in [1.29, 1.82) is 0 Å². The van der Waals surface area contributed by atoms with Crippen LogP contribution in [0.2, 0.25) is 18.1 Å². The van der Waals surface area contributed by atoms with Gasteiger partial charge < -0.3 is 14.5 Å². The molecule has 0 fully saturated rings. The smallest absolute Gasteiger partial charge is 0.303 e. The average molecular weight is 388 g/mol. The lowest BCUT2D eigenvalue weighted by Gasteiger charge is -2.34. The van der Waals surface area contributed by atoms with Crippen molar-refractivity contribution in [2.75, 3.05) is 13.1 Å². The van der Waals surface area contributed by atoms with Crippen LogP contribution in [0.25, 0.3) is 0 Å². The summed E-state index contributed by atoms with van der Waals surface area (Å²) in [5.41, 5.74) is 2.22. The van der Waals surface area contributed by atoms with E-state index in [-0.39, 0.29) is 17.1 Å². The molecule has 0 saturated carbocycles. The molecule has 27 heavy (non-hydrogen) atoms. The molecule has 0 radical (unpaired) electrons. The summed E-state index contributed by atoms with van der Waals surface area (Å²) in [6, 6.07) is 12.4. The van der Waals surface area contributed by atoms with Gasteiger partial charge in [0.1, 0.15) is 14.2 Å². The van der Waals surface area contributed by atoms with Gasteiger partial charge in [-0.3, -0.25) is 4.79 Å². The minimum absolute atomic E-state index is 0.187. The van der Waals surface area contributed by atoms with Gasteiger partial charge in [0.05, 0.1) is 11.6 Å². The third-order valence-corrected chi connectivity index (χ3v) is 10.8. The normalized spacial score (nSPS) is 13.4. The van der Waals surface area contributed by atoms with Gasteiger partial charge in [-0.25, -0.2) is 0 Å². The van der Waals surface area contributed by atoms with E-state index in [1.165, 1.54) is 12.5 Å². The van der Waals surface area contributed by atoms with Crippen molar-refractivity contribution in [3.8, 4) is 0 Å². The van der Waals surface area contributed by atoms with E-state index >= 15 is 0 Å². The number of benzene rings is 1. The zero-order valence-corrected chi connectivity index (χ0v) is 18.5. The predicted octanol–water partition coefficient (Wildman–Crippen LogP) is 4.43. The van der Waals surface area contributed by atoms with Gasteiger partial charge in [-0.15, -0.1) is 0 Å². The highest BCUT2D eigenvalue weighted by atomic mass is 28.3. The number of hydrogen-bond donors (Lipinski definition) is 1. The highest BCUT2D eigenvalue weighted by Gasteiger charge is 2.40. The Morgan fingerprint density at radius 1 is 1.22 bits per heavy atom. The fourth-order valence-electron chi connectivity index (χ4n) is 2.76.